The lowest BCUT2D eigenvalue weighted by molar-refractivity contribution is -0.130. The van der Waals surface area contributed by atoms with Crippen molar-refractivity contribution in [2.45, 2.75) is 254 Å². The Hall–Kier alpha value is -2.23. The summed E-state index contributed by atoms with van der Waals surface area (Å²) in [7, 11) is 0. The zero-order valence-electron chi connectivity index (χ0n) is 41.2. The first kappa shape index (κ1) is 48.8. The van der Waals surface area contributed by atoms with Crippen molar-refractivity contribution >= 4 is 5.78 Å². The van der Waals surface area contributed by atoms with E-state index in [0.717, 1.165) is 114 Å². The SMILES string of the molecule is CC1=CC(=O)C2(CCc3c(cc(C)c4c3CC[C@@](C)(CCC[C@H](C)CCC[C@H](C)CCCC(C)C)O4)O2)C2=C1O[C@](C)(CCC[C@H](C)CCC[C@H](C)CCCC(C)C)CC2. The third-order valence-electron chi connectivity index (χ3n) is 15.6. The summed E-state index contributed by atoms with van der Waals surface area (Å²) < 4.78 is 21.0. The van der Waals surface area contributed by atoms with Gasteiger partial charge in [-0.1, -0.05) is 145 Å². The van der Waals surface area contributed by atoms with Gasteiger partial charge in [-0.2, -0.15) is 0 Å². The van der Waals surface area contributed by atoms with Gasteiger partial charge in [-0.05, 0) is 144 Å². The van der Waals surface area contributed by atoms with E-state index in [1.165, 1.54) is 114 Å². The maximum Gasteiger partial charge on any atom is 0.204 e. The largest absolute Gasteiger partial charge is 0.487 e. The van der Waals surface area contributed by atoms with Gasteiger partial charge in [0.25, 0.3) is 0 Å². The molecule has 0 saturated carbocycles. The molecule has 5 rings (SSSR count). The number of carbonyl (C=O) groups is 1. The number of fused-ring (bicyclic) bond motifs is 4. The summed E-state index contributed by atoms with van der Waals surface area (Å²) in [6.07, 6.45) is 30.6. The number of hydrogen-bond donors (Lipinski definition) is 0. The fraction of sp³-hybridized carbons (Fsp3) is 0.804. The van der Waals surface area contributed by atoms with E-state index in [-0.39, 0.29) is 17.0 Å². The van der Waals surface area contributed by atoms with Crippen LogP contribution in [0.4, 0.5) is 0 Å². The number of carbonyl (C=O) groups excluding carboxylic acids is 1. The second-order valence-corrected chi connectivity index (χ2v) is 22.7. The first-order valence-electron chi connectivity index (χ1n) is 25.6. The van der Waals surface area contributed by atoms with E-state index in [1.54, 1.807) is 0 Å². The van der Waals surface area contributed by atoms with Gasteiger partial charge >= 0.3 is 0 Å². The molecular weight excluding hydrogens is 737 g/mol. The topological polar surface area (TPSA) is 44.8 Å². The molecule has 4 nitrogen and oxygen atoms in total. The van der Waals surface area contributed by atoms with Gasteiger partial charge in [0.1, 0.15) is 28.5 Å². The fourth-order valence-corrected chi connectivity index (χ4v) is 11.3. The number of ketones is 1. The maximum absolute atomic E-state index is 14.1. The molecule has 4 aliphatic rings. The molecule has 3 aliphatic heterocycles. The van der Waals surface area contributed by atoms with Crippen molar-refractivity contribution in [1.29, 1.82) is 0 Å². The lowest BCUT2D eigenvalue weighted by Gasteiger charge is -2.47. The average molecular weight is 829 g/mol. The Kier molecular flexibility index (Phi) is 17.8. The molecule has 4 heteroatoms. The minimum Gasteiger partial charge on any atom is -0.487 e. The maximum atomic E-state index is 14.1. The van der Waals surface area contributed by atoms with Crippen molar-refractivity contribution in [2.75, 3.05) is 0 Å². The molecule has 3 heterocycles. The Morgan fingerprint density at radius 2 is 1.00 bits per heavy atom. The zero-order chi connectivity index (χ0) is 43.7. The minimum atomic E-state index is -0.961. The lowest BCUT2D eigenvalue weighted by atomic mass is 9.71. The summed E-state index contributed by atoms with van der Waals surface area (Å²) in [6, 6.07) is 2.17. The van der Waals surface area contributed by atoms with E-state index in [0.29, 0.717) is 6.42 Å². The Balaban J connectivity index is 1.13. The number of ether oxygens (including phenoxy) is 3. The van der Waals surface area contributed by atoms with Gasteiger partial charge in [-0.25, -0.2) is 0 Å². The number of aryl methyl sites for hydroxylation is 1. The first-order chi connectivity index (χ1) is 28.4. The smallest absolute Gasteiger partial charge is 0.204 e. The van der Waals surface area contributed by atoms with E-state index in [4.69, 9.17) is 14.2 Å². The molecule has 0 saturated heterocycles. The van der Waals surface area contributed by atoms with Gasteiger partial charge in [0.05, 0.1) is 0 Å². The summed E-state index contributed by atoms with van der Waals surface area (Å²) in [5.74, 6) is 7.87. The number of benzene rings is 1. The Morgan fingerprint density at radius 1 is 0.550 bits per heavy atom. The number of rotatable bonds is 24. The van der Waals surface area contributed by atoms with Crippen LogP contribution in [0.15, 0.2) is 29.0 Å². The summed E-state index contributed by atoms with van der Waals surface area (Å²) in [5.41, 5.74) is 4.43. The van der Waals surface area contributed by atoms with Gasteiger partial charge < -0.3 is 14.2 Å². The molecule has 0 N–H and O–H groups in total. The van der Waals surface area contributed by atoms with Crippen LogP contribution in [0.2, 0.25) is 0 Å². The van der Waals surface area contributed by atoms with E-state index in [9.17, 15) is 4.79 Å². The number of hydrogen-bond acceptors (Lipinski definition) is 4. The van der Waals surface area contributed by atoms with Crippen molar-refractivity contribution in [2.24, 2.45) is 35.5 Å². The van der Waals surface area contributed by atoms with Crippen LogP contribution in [0.3, 0.4) is 0 Å². The van der Waals surface area contributed by atoms with Crippen LogP contribution in [0, 0.1) is 42.4 Å². The second-order valence-electron chi connectivity index (χ2n) is 22.7. The van der Waals surface area contributed by atoms with Crippen molar-refractivity contribution in [3.63, 3.8) is 0 Å². The highest BCUT2D eigenvalue weighted by Gasteiger charge is 2.53. The monoisotopic (exact) mass is 829 g/mol. The number of allylic oxidation sites excluding steroid dienone is 1. The van der Waals surface area contributed by atoms with E-state index >= 15 is 0 Å². The van der Waals surface area contributed by atoms with Gasteiger partial charge in [0, 0.05) is 23.1 Å². The summed E-state index contributed by atoms with van der Waals surface area (Å²) in [4.78, 5) is 14.1. The molecule has 0 radical (unpaired) electrons. The van der Waals surface area contributed by atoms with Crippen LogP contribution in [-0.4, -0.2) is 22.6 Å². The molecule has 60 heavy (non-hydrogen) atoms. The van der Waals surface area contributed by atoms with Gasteiger partial charge in [-0.3, -0.25) is 4.79 Å². The van der Waals surface area contributed by atoms with Crippen molar-refractivity contribution < 1.29 is 19.0 Å². The Bertz CT molecular complexity index is 1610. The van der Waals surface area contributed by atoms with Crippen LogP contribution in [0.25, 0.3) is 0 Å². The summed E-state index contributed by atoms with van der Waals surface area (Å²) in [5, 5.41) is 0. The van der Waals surface area contributed by atoms with E-state index < -0.39 is 5.60 Å². The Morgan fingerprint density at radius 3 is 1.52 bits per heavy atom. The average Bonchev–Trinajstić information content (AvgIpc) is 3.17. The molecule has 340 valence electrons. The molecule has 1 spiro atoms. The lowest BCUT2D eigenvalue weighted by Crippen LogP contribution is -2.52. The predicted molar refractivity (Wildman–Crippen MR) is 254 cm³/mol. The third kappa shape index (κ3) is 13.2. The minimum absolute atomic E-state index is 0.0873. The molecule has 1 aromatic rings. The van der Waals surface area contributed by atoms with Crippen LogP contribution in [-0.2, 0) is 22.4 Å². The van der Waals surface area contributed by atoms with E-state index in [1.807, 2.05) is 6.08 Å². The first-order valence-corrected chi connectivity index (χ1v) is 25.6. The van der Waals surface area contributed by atoms with Crippen LogP contribution >= 0.6 is 0 Å². The molecule has 0 amide bonds. The fourth-order valence-electron chi connectivity index (χ4n) is 11.3. The molecular formula is C56H92O4. The molecule has 0 aromatic heterocycles. The highest BCUT2D eigenvalue weighted by Crippen LogP contribution is 2.52. The van der Waals surface area contributed by atoms with Gasteiger partial charge in [0.15, 0.2) is 5.60 Å². The summed E-state index contributed by atoms with van der Waals surface area (Å²) >= 11 is 0. The molecule has 0 fully saturated rings. The molecule has 7 atom stereocenters. The van der Waals surface area contributed by atoms with Crippen LogP contribution < -0.4 is 9.47 Å². The second kappa shape index (κ2) is 21.9. The van der Waals surface area contributed by atoms with E-state index in [2.05, 4.69) is 89.2 Å². The molecule has 1 aromatic carbocycles. The van der Waals surface area contributed by atoms with Gasteiger partial charge in [-0.15, -0.1) is 0 Å². The zero-order valence-corrected chi connectivity index (χ0v) is 41.2. The third-order valence-corrected chi connectivity index (χ3v) is 15.6. The molecule has 0 bridgehead atoms. The van der Waals surface area contributed by atoms with Crippen molar-refractivity contribution in [3.8, 4) is 11.5 Å². The van der Waals surface area contributed by atoms with Crippen LogP contribution in [0.1, 0.15) is 234 Å². The molecule has 1 aliphatic carbocycles. The predicted octanol–water partition coefficient (Wildman–Crippen LogP) is 16.4. The van der Waals surface area contributed by atoms with Gasteiger partial charge in [0.2, 0.25) is 5.78 Å². The molecule has 1 unspecified atom stereocenters. The van der Waals surface area contributed by atoms with Crippen molar-refractivity contribution in [1.82, 2.24) is 0 Å². The normalized spacial score (nSPS) is 25.8. The Labute approximate surface area is 370 Å². The van der Waals surface area contributed by atoms with Crippen molar-refractivity contribution in [3.05, 3.63) is 45.7 Å². The standard InChI is InChI=1S/C56H92O4/c1-39(2)19-13-21-41(5)23-15-25-43(7)27-17-32-54(11)34-29-48-47-30-36-56(58-50(47)37-45(9)52(48)59-54)49-31-35-55(12,60-53(49)46(10)38-51(56)57)33-18-28-44(8)26-16-24-42(6)22-14-20-40(3)4/h37-44H,13-36H2,1-12H3/t41-,42-,43-,44-,54-,55-,56?/m1/s1. The summed E-state index contributed by atoms with van der Waals surface area (Å²) in [6.45, 7) is 28.0. The highest BCUT2D eigenvalue weighted by atomic mass is 16.5. The van der Waals surface area contributed by atoms with Crippen LogP contribution in [0.5, 0.6) is 11.5 Å². The quantitative estimate of drug-likeness (QED) is 0.104. The highest BCUT2D eigenvalue weighted by molar-refractivity contribution is 6.03.